The lowest BCUT2D eigenvalue weighted by molar-refractivity contribution is -0.111. The molecule has 0 saturated carbocycles. The van der Waals surface area contributed by atoms with E-state index in [2.05, 4.69) is 73.2 Å². The summed E-state index contributed by atoms with van der Waals surface area (Å²) in [5.74, 6) is 1.79. The predicted octanol–water partition coefficient (Wildman–Crippen LogP) is 8.39. The van der Waals surface area contributed by atoms with Crippen molar-refractivity contribution in [2.45, 2.75) is 117 Å². The number of hydrogen-bond acceptors (Lipinski definition) is 4. The molecule has 0 N–H and O–H groups in total. The van der Waals surface area contributed by atoms with Gasteiger partial charge in [-0.25, -0.2) is 0 Å². The zero-order chi connectivity index (χ0) is 24.4. The first-order valence-corrected chi connectivity index (χ1v) is 15.9. The average Bonchev–Trinajstić information content (AvgIpc) is 2.69. The molecule has 0 aliphatic heterocycles. The molecule has 0 aromatic heterocycles. The highest BCUT2D eigenvalue weighted by Crippen LogP contribution is 2.37. The van der Waals surface area contributed by atoms with E-state index in [-0.39, 0.29) is 10.8 Å². The molecule has 0 spiro atoms. The van der Waals surface area contributed by atoms with Crippen LogP contribution >= 0.6 is 11.8 Å². The van der Waals surface area contributed by atoms with Crippen molar-refractivity contribution < 1.29 is 13.6 Å². The van der Waals surface area contributed by atoms with Gasteiger partial charge in [0.05, 0.1) is 0 Å². The van der Waals surface area contributed by atoms with Gasteiger partial charge in [0.1, 0.15) is 5.75 Å². The van der Waals surface area contributed by atoms with Gasteiger partial charge >= 0.3 is 8.56 Å². The van der Waals surface area contributed by atoms with Gasteiger partial charge in [-0.1, -0.05) is 98.0 Å². The van der Waals surface area contributed by atoms with Crippen molar-refractivity contribution in [1.82, 2.24) is 0 Å². The Kier molecular flexibility index (Phi) is 12.1. The average molecular weight is 481 g/mol. The molecule has 1 rings (SSSR count). The van der Waals surface area contributed by atoms with E-state index < -0.39 is 8.56 Å². The van der Waals surface area contributed by atoms with Crippen molar-refractivity contribution in [2.24, 2.45) is 0 Å². The fourth-order valence-electron chi connectivity index (χ4n) is 3.62. The monoisotopic (exact) mass is 480 g/mol. The summed E-state index contributed by atoms with van der Waals surface area (Å²) in [5, 5.41) is 0.330. The molecule has 1 atom stereocenters. The van der Waals surface area contributed by atoms with Gasteiger partial charge in [-0.05, 0) is 47.4 Å². The van der Waals surface area contributed by atoms with E-state index in [1.165, 1.54) is 48.6 Å². The molecule has 0 fully saturated rings. The third kappa shape index (κ3) is 10.4. The molecule has 0 amide bonds. The Morgan fingerprint density at radius 3 is 2.19 bits per heavy atom. The van der Waals surface area contributed by atoms with E-state index in [9.17, 15) is 4.79 Å². The lowest BCUT2D eigenvalue weighted by atomic mass is 9.80. The van der Waals surface area contributed by atoms with E-state index in [4.69, 9.17) is 8.85 Å². The normalized spacial score (nSPS) is 14.3. The number of carbonyl (C=O) groups is 1. The van der Waals surface area contributed by atoms with E-state index in [0.717, 1.165) is 30.4 Å². The quantitative estimate of drug-likeness (QED) is 0.210. The van der Waals surface area contributed by atoms with Crippen LogP contribution in [0.2, 0.25) is 12.6 Å². The summed E-state index contributed by atoms with van der Waals surface area (Å²) in [6, 6.07) is 7.49. The fourth-order valence-corrected chi connectivity index (χ4v) is 6.54. The minimum atomic E-state index is -2.37. The van der Waals surface area contributed by atoms with Gasteiger partial charge in [0.15, 0.2) is 5.12 Å². The van der Waals surface area contributed by atoms with Crippen molar-refractivity contribution in [3.8, 4) is 5.75 Å². The van der Waals surface area contributed by atoms with Crippen molar-refractivity contribution in [2.75, 3.05) is 12.9 Å². The first-order valence-electron chi connectivity index (χ1n) is 12.4. The molecule has 0 radical (unpaired) electrons. The Labute approximate surface area is 203 Å². The summed E-state index contributed by atoms with van der Waals surface area (Å²) < 4.78 is 12.5. The van der Waals surface area contributed by atoms with Gasteiger partial charge in [0, 0.05) is 25.3 Å². The maximum atomic E-state index is 12.1. The molecule has 1 unspecified atom stereocenters. The van der Waals surface area contributed by atoms with Crippen LogP contribution < -0.4 is 4.43 Å². The largest absolute Gasteiger partial charge is 0.520 e. The lowest BCUT2D eigenvalue weighted by Gasteiger charge is -2.32. The van der Waals surface area contributed by atoms with E-state index in [0.29, 0.717) is 11.5 Å². The predicted molar refractivity (Wildman–Crippen MR) is 143 cm³/mol. The fraction of sp³-hybridized carbons (Fsp3) is 0.741. The van der Waals surface area contributed by atoms with Crippen molar-refractivity contribution in [1.29, 1.82) is 0 Å². The van der Waals surface area contributed by atoms with Crippen LogP contribution in [0.4, 0.5) is 0 Å². The summed E-state index contributed by atoms with van der Waals surface area (Å²) in [4.78, 5) is 12.1. The maximum Gasteiger partial charge on any atom is 0.395 e. The second-order valence-corrected chi connectivity index (χ2v) is 15.7. The molecule has 0 bridgehead atoms. The van der Waals surface area contributed by atoms with Crippen LogP contribution in [0.5, 0.6) is 5.75 Å². The number of benzene rings is 1. The number of carbonyl (C=O) groups excluding carboxylic acids is 1. The third-order valence-corrected chi connectivity index (χ3v) is 9.73. The van der Waals surface area contributed by atoms with E-state index in [1.54, 1.807) is 7.11 Å². The number of hydrogen-bond donors (Lipinski definition) is 0. The topological polar surface area (TPSA) is 35.5 Å². The Bertz CT molecular complexity index is 706. The number of rotatable bonds is 13. The van der Waals surface area contributed by atoms with Gasteiger partial charge in [0.25, 0.3) is 0 Å². The van der Waals surface area contributed by atoms with Crippen molar-refractivity contribution in [3.63, 3.8) is 0 Å². The van der Waals surface area contributed by atoms with Gasteiger partial charge in [0.2, 0.25) is 0 Å². The molecular weight excluding hydrogens is 432 g/mol. The molecule has 0 saturated heterocycles. The minimum absolute atomic E-state index is 0.0148. The first kappa shape index (κ1) is 29.2. The zero-order valence-corrected chi connectivity index (χ0v) is 24.0. The standard InChI is InChI=1S/C27H48O3SSi/c1-10-11-12-13-14-16-25(28)31-19-15-20-32(9,29-8)30-24-18-17-22(26(2,3)4)21-23(24)27(5,6)7/h17-18,21H,10-16,19-20H2,1-9H3. The molecule has 0 aliphatic rings. The second kappa shape index (κ2) is 13.2. The molecule has 32 heavy (non-hydrogen) atoms. The van der Waals surface area contributed by atoms with Crippen LogP contribution in [0.15, 0.2) is 18.2 Å². The summed E-state index contributed by atoms with van der Waals surface area (Å²) in [6.07, 6.45) is 7.61. The summed E-state index contributed by atoms with van der Waals surface area (Å²) in [7, 11) is -0.610. The van der Waals surface area contributed by atoms with Crippen LogP contribution in [0.25, 0.3) is 0 Å². The van der Waals surface area contributed by atoms with Crippen LogP contribution in [0, 0.1) is 0 Å². The van der Waals surface area contributed by atoms with Gasteiger partial charge in [-0.3, -0.25) is 4.79 Å². The summed E-state index contributed by atoms with van der Waals surface area (Å²) in [5.41, 5.74) is 2.63. The van der Waals surface area contributed by atoms with Crippen LogP contribution in [-0.4, -0.2) is 26.5 Å². The highest BCUT2D eigenvalue weighted by Gasteiger charge is 2.34. The molecule has 184 valence electrons. The Hall–Kier alpha value is -0.783. The number of thioether (sulfide) groups is 1. The van der Waals surface area contributed by atoms with Gasteiger partial charge < -0.3 is 8.85 Å². The molecule has 0 heterocycles. The summed E-state index contributed by atoms with van der Waals surface area (Å²) >= 11 is 1.48. The van der Waals surface area contributed by atoms with Crippen molar-refractivity contribution >= 4 is 25.4 Å². The first-order chi connectivity index (χ1) is 14.8. The molecule has 1 aromatic rings. The van der Waals surface area contributed by atoms with Crippen LogP contribution in [0.1, 0.15) is 105 Å². The Morgan fingerprint density at radius 1 is 0.969 bits per heavy atom. The molecule has 0 aliphatic carbocycles. The molecule has 1 aromatic carbocycles. The smallest absolute Gasteiger partial charge is 0.395 e. The van der Waals surface area contributed by atoms with Crippen LogP contribution in [-0.2, 0) is 20.1 Å². The molecule has 3 nitrogen and oxygen atoms in total. The second-order valence-electron chi connectivity index (χ2n) is 11.1. The minimum Gasteiger partial charge on any atom is -0.520 e. The van der Waals surface area contributed by atoms with E-state index in [1.807, 2.05) is 0 Å². The summed E-state index contributed by atoms with van der Waals surface area (Å²) in [6.45, 7) is 17.8. The molecular formula is C27H48O3SSi. The van der Waals surface area contributed by atoms with Gasteiger partial charge in [-0.2, -0.15) is 0 Å². The third-order valence-electron chi connectivity index (χ3n) is 5.93. The zero-order valence-electron chi connectivity index (χ0n) is 22.2. The van der Waals surface area contributed by atoms with Gasteiger partial charge in [-0.15, -0.1) is 0 Å². The molecule has 5 heteroatoms. The highest BCUT2D eigenvalue weighted by molar-refractivity contribution is 8.13. The SMILES string of the molecule is CCCCCCCC(=O)SCCC[Si](C)(OC)Oc1ccc(C(C)(C)C)cc1C(C)(C)C. The Morgan fingerprint density at radius 2 is 1.62 bits per heavy atom. The van der Waals surface area contributed by atoms with Crippen LogP contribution in [0.3, 0.4) is 0 Å². The number of unbranched alkanes of at least 4 members (excludes halogenated alkanes) is 4. The maximum absolute atomic E-state index is 12.1. The highest BCUT2D eigenvalue weighted by atomic mass is 32.2. The van der Waals surface area contributed by atoms with E-state index >= 15 is 0 Å². The lowest BCUT2D eigenvalue weighted by Crippen LogP contribution is -2.41. The van der Waals surface area contributed by atoms with Crippen molar-refractivity contribution in [3.05, 3.63) is 29.3 Å². The Balaban J connectivity index is 2.68.